The van der Waals surface area contributed by atoms with Crippen molar-refractivity contribution >= 4 is 6.09 Å². The van der Waals surface area contributed by atoms with Gasteiger partial charge in [0, 0.05) is 31.5 Å². The van der Waals surface area contributed by atoms with Crippen molar-refractivity contribution in [2.75, 3.05) is 26.2 Å². The number of rotatable bonds is 6. The van der Waals surface area contributed by atoms with Crippen LogP contribution in [0.3, 0.4) is 0 Å². The van der Waals surface area contributed by atoms with Gasteiger partial charge in [-0.05, 0) is 17.7 Å². The highest BCUT2D eigenvalue weighted by Crippen LogP contribution is 2.09. The fourth-order valence-corrected chi connectivity index (χ4v) is 2.66. The quantitative estimate of drug-likeness (QED) is 0.852. The normalized spacial score (nSPS) is 17.7. The van der Waals surface area contributed by atoms with Crippen molar-refractivity contribution in [3.63, 3.8) is 0 Å². The summed E-state index contributed by atoms with van der Waals surface area (Å²) >= 11 is 0. The maximum Gasteiger partial charge on any atom is 0.410 e. The minimum Gasteiger partial charge on any atom is -0.445 e. The van der Waals surface area contributed by atoms with E-state index in [0.717, 1.165) is 17.8 Å². The molecule has 1 aliphatic heterocycles. The number of nitrogens with zero attached hydrogens (tertiary/aromatic N) is 1. The zero-order chi connectivity index (χ0) is 16.6. The fraction of sp³-hybridized carbons (Fsp3) is 0.389. The lowest BCUT2D eigenvalue weighted by Gasteiger charge is -2.32. The minimum absolute atomic E-state index is 0.0158. The Labute approximate surface area is 141 Å². The number of nitrogens with one attached hydrogen (secondary N) is 2. The molecule has 0 spiro atoms. The monoisotopic (exact) mass is 329 g/mol. The highest BCUT2D eigenvalue weighted by atomic mass is 16.6. The van der Waals surface area contributed by atoms with Gasteiger partial charge in [-0.1, -0.05) is 30.3 Å². The lowest BCUT2D eigenvalue weighted by atomic mass is 10.2. The summed E-state index contributed by atoms with van der Waals surface area (Å²) in [7, 11) is 0. The van der Waals surface area contributed by atoms with Gasteiger partial charge in [0.2, 0.25) is 0 Å². The van der Waals surface area contributed by atoms with Gasteiger partial charge >= 0.3 is 6.09 Å². The molecular formula is C18H23N3O3. The number of carbonyl (C=O) groups is 1. The van der Waals surface area contributed by atoms with Gasteiger partial charge < -0.3 is 24.7 Å². The third-order valence-electron chi connectivity index (χ3n) is 3.95. The molecule has 1 aromatic heterocycles. The first-order valence-corrected chi connectivity index (χ1v) is 8.21. The van der Waals surface area contributed by atoms with Crippen molar-refractivity contribution in [2.45, 2.75) is 19.3 Å². The molecule has 1 amide bonds. The van der Waals surface area contributed by atoms with Gasteiger partial charge in [-0.2, -0.15) is 0 Å². The SMILES string of the molecule is O=C(OCc1ccccc1)N1CCOC(CNCc2ccc[nH]2)C1. The van der Waals surface area contributed by atoms with Crippen LogP contribution in [-0.2, 0) is 22.6 Å². The van der Waals surface area contributed by atoms with Crippen LogP contribution in [0.5, 0.6) is 0 Å². The number of aromatic nitrogens is 1. The molecule has 6 heteroatoms. The highest BCUT2D eigenvalue weighted by molar-refractivity contribution is 5.67. The van der Waals surface area contributed by atoms with Crippen molar-refractivity contribution in [2.24, 2.45) is 0 Å². The second-order valence-corrected chi connectivity index (χ2v) is 5.81. The summed E-state index contributed by atoms with van der Waals surface area (Å²) in [5.74, 6) is 0. The van der Waals surface area contributed by atoms with Crippen LogP contribution < -0.4 is 5.32 Å². The van der Waals surface area contributed by atoms with Crippen molar-refractivity contribution in [1.82, 2.24) is 15.2 Å². The lowest BCUT2D eigenvalue weighted by molar-refractivity contribution is -0.0271. The molecule has 2 N–H and O–H groups in total. The molecule has 1 unspecified atom stereocenters. The maximum absolute atomic E-state index is 12.2. The predicted molar refractivity (Wildman–Crippen MR) is 90.4 cm³/mol. The molecule has 2 heterocycles. The Morgan fingerprint density at radius 3 is 2.96 bits per heavy atom. The fourth-order valence-electron chi connectivity index (χ4n) is 2.66. The number of carbonyl (C=O) groups excluding carboxylic acids is 1. The molecule has 1 fully saturated rings. The van der Waals surface area contributed by atoms with E-state index >= 15 is 0 Å². The van der Waals surface area contributed by atoms with E-state index in [9.17, 15) is 4.79 Å². The summed E-state index contributed by atoms with van der Waals surface area (Å²) in [6.07, 6.45) is 1.60. The minimum atomic E-state index is -0.281. The number of H-pyrrole nitrogens is 1. The molecule has 24 heavy (non-hydrogen) atoms. The number of benzene rings is 1. The van der Waals surface area contributed by atoms with E-state index in [-0.39, 0.29) is 12.2 Å². The predicted octanol–water partition coefficient (Wildman–Crippen LogP) is 2.14. The van der Waals surface area contributed by atoms with Gasteiger partial charge in [0.25, 0.3) is 0 Å². The second kappa shape index (κ2) is 8.52. The number of hydrogen-bond donors (Lipinski definition) is 2. The average molecular weight is 329 g/mol. The second-order valence-electron chi connectivity index (χ2n) is 5.81. The molecule has 128 valence electrons. The van der Waals surface area contributed by atoms with E-state index in [1.807, 2.05) is 48.7 Å². The zero-order valence-electron chi connectivity index (χ0n) is 13.6. The van der Waals surface area contributed by atoms with E-state index in [1.165, 1.54) is 0 Å². The summed E-state index contributed by atoms with van der Waals surface area (Å²) in [6.45, 7) is 3.40. The van der Waals surface area contributed by atoms with Crippen LogP contribution in [0, 0.1) is 0 Å². The maximum atomic E-state index is 12.2. The number of amides is 1. The first-order chi connectivity index (χ1) is 11.8. The van der Waals surface area contributed by atoms with Gasteiger partial charge in [0.1, 0.15) is 6.61 Å². The van der Waals surface area contributed by atoms with Gasteiger partial charge in [-0.25, -0.2) is 4.79 Å². The van der Waals surface area contributed by atoms with Gasteiger partial charge in [0.15, 0.2) is 0 Å². The van der Waals surface area contributed by atoms with Crippen LogP contribution in [-0.4, -0.2) is 48.3 Å². The average Bonchev–Trinajstić information content (AvgIpc) is 3.14. The third-order valence-corrected chi connectivity index (χ3v) is 3.95. The van der Waals surface area contributed by atoms with Crippen molar-refractivity contribution in [3.8, 4) is 0 Å². The summed E-state index contributed by atoms with van der Waals surface area (Å²) in [5, 5.41) is 3.34. The van der Waals surface area contributed by atoms with Crippen LogP contribution in [0.2, 0.25) is 0 Å². The molecule has 2 aromatic rings. The Bertz CT molecular complexity index is 616. The Morgan fingerprint density at radius 2 is 2.17 bits per heavy atom. The van der Waals surface area contributed by atoms with E-state index in [0.29, 0.717) is 32.8 Å². The summed E-state index contributed by atoms with van der Waals surface area (Å²) in [4.78, 5) is 17.1. The molecular weight excluding hydrogens is 306 g/mol. The van der Waals surface area contributed by atoms with Crippen LogP contribution in [0.15, 0.2) is 48.7 Å². The molecule has 3 rings (SSSR count). The molecule has 0 bridgehead atoms. The van der Waals surface area contributed by atoms with E-state index in [2.05, 4.69) is 10.3 Å². The van der Waals surface area contributed by atoms with E-state index in [1.54, 1.807) is 4.90 Å². The molecule has 0 saturated carbocycles. The lowest BCUT2D eigenvalue weighted by Crippen LogP contribution is -2.49. The van der Waals surface area contributed by atoms with E-state index < -0.39 is 0 Å². The summed E-state index contributed by atoms with van der Waals surface area (Å²) in [6, 6.07) is 13.7. The zero-order valence-corrected chi connectivity index (χ0v) is 13.6. The van der Waals surface area contributed by atoms with Gasteiger partial charge in [0.05, 0.1) is 19.3 Å². The van der Waals surface area contributed by atoms with Crippen LogP contribution in [0.4, 0.5) is 4.79 Å². The Kier molecular flexibility index (Phi) is 5.87. The third kappa shape index (κ3) is 4.84. The van der Waals surface area contributed by atoms with Crippen LogP contribution in [0.1, 0.15) is 11.3 Å². The molecule has 1 aromatic carbocycles. The Balaban J connectivity index is 1.40. The van der Waals surface area contributed by atoms with Crippen molar-refractivity contribution in [3.05, 3.63) is 59.9 Å². The highest BCUT2D eigenvalue weighted by Gasteiger charge is 2.25. The van der Waals surface area contributed by atoms with Gasteiger partial charge in [-0.3, -0.25) is 0 Å². The number of hydrogen-bond acceptors (Lipinski definition) is 4. The topological polar surface area (TPSA) is 66.6 Å². The molecule has 6 nitrogen and oxygen atoms in total. The Hall–Kier alpha value is -2.31. The number of aromatic amines is 1. The molecule has 1 atom stereocenters. The van der Waals surface area contributed by atoms with Crippen molar-refractivity contribution in [1.29, 1.82) is 0 Å². The Morgan fingerprint density at radius 1 is 1.29 bits per heavy atom. The molecule has 1 aliphatic rings. The summed E-state index contributed by atoms with van der Waals surface area (Å²) < 4.78 is 11.1. The molecule has 0 radical (unpaired) electrons. The molecule has 0 aliphatic carbocycles. The van der Waals surface area contributed by atoms with Crippen molar-refractivity contribution < 1.29 is 14.3 Å². The smallest absolute Gasteiger partial charge is 0.410 e. The first kappa shape index (κ1) is 16.5. The van der Waals surface area contributed by atoms with Crippen LogP contribution >= 0.6 is 0 Å². The first-order valence-electron chi connectivity index (χ1n) is 8.21. The standard InChI is InChI=1S/C18H23N3O3/c22-18(24-14-15-5-2-1-3-6-15)21-9-10-23-17(13-21)12-19-11-16-7-4-8-20-16/h1-8,17,19-20H,9-14H2. The number of ether oxygens (including phenoxy) is 2. The number of morpholine rings is 1. The summed E-state index contributed by atoms with van der Waals surface area (Å²) in [5.41, 5.74) is 2.12. The van der Waals surface area contributed by atoms with Gasteiger partial charge in [-0.15, -0.1) is 0 Å². The largest absolute Gasteiger partial charge is 0.445 e. The molecule has 1 saturated heterocycles. The van der Waals surface area contributed by atoms with Crippen LogP contribution in [0.25, 0.3) is 0 Å². The van der Waals surface area contributed by atoms with E-state index in [4.69, 9.17) is 9.47 Å².